The van der Waals surface area contributed by atoms with E-state index in [1.165, 1.54) is 0 Å². The third-order valence-corrected chi connectivity index (χ3v) is 17.2. The van der Waals surface area contributed by atoms with E-state index in [1.54, 1.807) is 0 Å². The number of carbonyl (C=O) groups excluding carboxylic acids is 4. The number of benzene rings is 2. The number of aliphatic carboxylic acids is 1. The van der Waals surface area contributed by atoms with Crippen molar-refractivity contribution in [2.45, 2.75) is 146 Å². The second-order valence-corrected chi connectivity index (χ2v) is 21.1. The van der Waals surface area contributed by atoms with Crippen LogP contribution in [0.15, 0.2) is 65.7 Å². The number of nitrogens with one attached hydrogen (secondary N) is 4. The molecule has 0 bridgehead atoms. The van der Waals surface area contributed by atoms with Crippen LogP contribution in [0, 0.1) is 46.3 Å². The van der Waals surface area contributed by atoms with Crippen LogP contribution in [0.3, 0.4) is 0 Å². The summed E-state index contributed by atoms with van der Waals surface area (Å²) < 4.78 is 19.5. The minimum absolute atomic E-state index is 0.0718. The molecular weight excluding hydrogens is 867 g/mol. The normalized spacial score (nSPS) is 33.8. The lowest BCUT2D eigenvalue weighted by molar-refractivity contribution is -0.348. The molecule has 6 aliphatic rings. The number of nitrogens with two attached hydrogens (primary N) is 2. The van der Waals surface area contributed by atoms with Gasteiger partial charge in [0.1, 0.15) is 18.2 Å². The van der Waals surface area contributed by atoms with Crippen molar-refractivity contribution in [1.29, 1.82) is 0 Å². The maximum Gasteiger partial charge on any atom is 0.305 e. The second-order valence-electron chi connectivity index (χ2n) is 21.1. The van der Waals surface area contributed by atoms with Crippen LogP contribution in [0.2, 0.25) is 0 Å². The fraction of sp³-hybridized carbons (Fsp3) is 0.654. The highest BCUT2D eigenvalue weighted by atomic mass is 16.7. The van der Waals surface area contributed by atoms with Crippen LogP contribution in [-0.2, 0) is 44.7 Å². The van der Waals surface area contributed by atoms with Crippen LogP contribution in [0.25, 0.3) is 0 Å². The van der Waals surface area contributed by atoms with Crippen molar-refractivity contribution in [1.82, 2.24) is 21.3 Å². The molecule has 2 saturated heterocycles. The Hall–Kier alpha value is -5.06. The standard InChI is InChI=1S/C52H73N7O9/c1-50-22-19-34(66-3)26-33(50)17-18-35-38(50)20-23-51(2)39(35)28-42(68-52(51)21-11-25-67-52)48(65)57-40(16-10-24-55-49(53)54)47(64)59-44(32-14-8-5-9-15-32)36-27-37(36)45(62)58-41(29-43(60)61)46(63)56-30-31-12-6-4-7-13-31/h4-9,12-15,33-42,44H,10-11,16-30H2,1-3H3,(H,56,63)(H,57,65)(H,58,62)(H,59,64)(H,60,61)(H4,53,54,55)/t33-,34-,35-,36-,37-,38-,39-,40-,41-,42+,44+,50-,51-,52+/m0/s1. The number of ether oxygens (including phenoxy) is 3. The van der Waals surface area contributed by atoms with Crippen LogP contribution < -0.4 is 32.7 Å². The Morgan fingerprint density at radius 2 is 1.57 bits per heavy atom. The lowest BCUT2D eigenvalue weighted by Crippen LogP contribution is -2.66. The molecule has 0 radical (unpaired) electrons. The topological polar surface area (TPSA) is 246 Å². The van der Waals surface area contributed by atoms with E-state index in [0.29, 0.717) is 56.1 Å². The Kier molecular flexibility index (Phi) is 15.2. The Morgan fingerprint density at radius 3 is 2.26 bits per heavy atom. The maximum absolute atomic E-state index is 14.8. The lowest BCUT2D eigenvalue weighted by Gasteiger charge is -2.66. The van der Waals surface area contributed by atoms with E-state index in [1.807, 2.05) is 67.8 Å². The van der Waals surface area contributed by atoms with Gasteiger partial charge < -0.3 is 52.1 Å². The van der Waals surface area contributed by atoms with E-state index >= 15 is 0 Å². The first-order valence-corrected chi connectivity index (χ1v) is 25.0. The molecule has 4 amide bonds. The number of carbonyl (C=O) groups is 5. The summed E-state index contributed by atoms with van der Waals surface area (Å²) in [6, 6.07) is 15.6. The first kappa shape index (κ1) is 49.4. The summed E-state index contributed by atoms with van der Waals surface area (Å²) >= 11 is 0. The van der Waals surface area contributed by atoms with Gasteiger partial charge in [0.2, 0.25) is 23.6 Å². The number of carboxylic acids is 1. The summed E-state index contributed by atoms with van der Waals surface area (Å²) in [5.41, 5.74) is 12.8. The van der Waals surface area contributed by atoms with Crippen LogP contribution in [0.1, 0.15) is 121 Å². The molecule has 16 heteroatoms. The number of carboxylic acid groups (broad SMARTS) is 1. The molecule has 370 valence electrons. The molecular formula is C52H73N7O9. The van der Waals surface area contributed by atoms with Crippen LogP contribution in [0.4, 0.5) is 0 Å². The molecule has 0 unspecified atom stereocenters. The zero-order valence-electron chi connectivity index (χ0n) is 40.0. The Morgan fingerprint density at radius 1 is 0.838 bits per heavy atom. The summed E-state index contributed by atoms with van der Waals surface area (Å²) in [5, 5.41) is 21.4. The van der Waals surface area contributed by atoms with Gasteiger partial charge in [-0.15, -0.1) is 0 Å². The van der Waals surface area contributed by atoms with Gasteiger partial charge in [-0.2, -0.15) is 0 Å². The number of guanidine groups is 1. The van der Waals surface area contributed by atoms with Crippen LogP contribution in [-0.4, -0.2) is 91.0 Å². The first-order valence-electron chi connectivity index (χ1n) is 25.0. The number of hydrogen-bond acceptors (Lipinski definition) is 9. The summed E-state index contributed by atoms with van der Waals surface area (Å²) in [4.78, 5) is 72.5. The first-order chi connectivity index (χ1) is 32.6. The van der Waals surface area contributed by atoms with Crippen molar-refractivity contribution in [3.05, 3.63) is 71.8 Å². The van der Waals surface area contributed by atoms with Gasteiger partial charge in [0.15, 0.2) is 11.7 Å². The van der Waals surface area contributed by atoms with Crippen molar-refractivity contribution < 1.29 is 43.3 Å². The molecule has 6 fully saturated rings. The molecule has 9 N–H and O–H groups in total. The zero-order valence-corrected chi connectivity index (χ0v) is 40.0. The summed E-state index contributed by atoms with van der Waals surface area (Å²) in [6.07, 6.45) is 9.64. The number of methoxy groups -OCH3 is 1. The van der Waals surface area contributed by atoms with Gasteiger partial charge >= 0.3 is 5.97 Å². The van der Waals surface area contributed by atoms with Gasteiger partial charge in [0, 0.05) is 38.0 Å². The summed E-state index contributed by atoms with van der Waals surface area (Å²) in [7, 11) is 1.84. The fourth-order valence-electron chi connectivity index (χ4n) is 13.5. The quantitative estimate of drug-likeness (QED) is 0.0605. The van der Waals surface area contributed by atoms with Gasteiger partial charge in [-0.25, -0.2) is 0 Å². The van der Waals surface area contributed by atoms with E-state index in [9.17, 15) is 29.1 Å². The van der Waals surface area contributed by atoms with Gasteiger partial charge in [0.25, 0.3) is 0 Å². The van der Waals surface area contributed by atoms with E-state index in [4.69, 9.17) is 25.7 Å². The third kappa shape index (κ3) is 10.4. The molecule has 2 aromatic rings. The molecule has 2 aromatic carbocycles. The molecule has 2 heterocycles. The molecule has 8 rings (SSSR count). The minimum Gasteiger partial charge on any atom is -0.481 e. The molecule has 14 atom stereocenters. The fourth-order valence-corrected chi connectivity index (χ4v) is 13.5. The minimum atomic E-state index is -1.30. The molecule has 1 spiro atoms. The number of fused-ring (bicyclic) bond motifs is 6. The average molecular weight is 940 g/mol. The summed E-state index contributed by atoms with van der Waals surface area (Å²) in [6.45, 7) is 5.84. The number of amides is 4. The smallest absolute Gasteiger partial charge is 0.305 e. The van der Waals surface area contributed by atoms with Gasteiger partial charge in [-0.3, -0.25) is 29.0 Å². The van der Waals surface area contributed by atoms with E-state index in [-0.39, 0.29) is 54.0 Å². The number of rotatable bonds is 18. The number of hydrogen-bond donors (Lipinski definition) is 7. The average Bonchev–Trinajstić information content (AvgIpc) is 3.99. The van der Waals surface area contributed by atoms with Crippen molar-refractivity contribution in [3.8, 4) is 0 Å². The van der Waals surface area contributed by atoms with E-state index < -0.39 is 66.0 Å². The molecule has 4 saturated carbocycles. The monoisotopic (exact) mass is 940 g/mol. The Labute approximate surface area is 400 Å². The second kappa shape index (κ2) is 20.9. The van der Waals surface area contributed by atoms with Gasteiger partial charge in [-0.1, -0.05) is 74.5 Å². The van der Waals surface area contributed by atoms with Crippen molar-refractivity contribution in [3.63, 3.8) is 0 Å². The maximum atomic E-state index is 14.8. The third-order valence-electron chi connectivity index (χ3n) is 17.2. The van der Waals surface area contributed by atoms with Gasteiger partial charge in [-0.05, 0) is 123 Å². The van der Waals surface area contributed by atoms with Crippen molar-refractivity contribution in [2.75, 3.05) is 20.3 Å². The predicted molar refractivity (Wildman–Crippen MR) is 254 cm³/mol. The molecule has 16 nitrogen and oxygen atoms in total. The predicted octanol–water partition coefficient (Wildman–Crippen LogP) is 4.85. The summed E-state index contributed by atoms with van der Waals surface area (Å²) in [5.74, 6) is -3.31. The highest BCUT2D eigenvalue weighted by Gasteiger charge is 2.67. The van der Waals surface area contributed by atoms with E-state index in [2.05, 4.69) is 40.1 Å². The Balaban J connectivity index is 0.985. The SMILES string of the molecule is CO[C@H]1CC[C@@]2(C)[C@@H](CC[C@H]3[C@@H]2CC[C@@]2(C)[C@H]3C[C@H](C(=O)N[C@@H](CCCN=C(N)N)C(=O)N[C@H](c3ccccc3)[C@H]3C[C@@H]3C(=O)N[C@@H](CC(=O)O)C(=O)NCc3ccccc3)O[C@]23CCCO3)C1. The zero-order chi connectivity index (χ0) is 48.2. The lowest BCUT2D eigenvalue weighted by atomic mass is 9.42. The molecule has 2 aliphatic heterocycles. The largest absolute Gasteiger partial charge is 0.481 e. The van der Waals surface area contributed by atoms with E-state index in [0.717, 1.165) is 62.5 Å². The molecule has 0 aromatic heterocycles. The van der Waals surface area contributed by atoms with Crippen molar-refractivity contribution >= 4 is 35.6 Å². The van der Waals surface area contributed by atoms with Gasteiger partial charge in [0.05, 0.1) is 25.2 Å². The van der Waals surface area contributed by atoms with Crippen molar-refractivity contribution in [2.24, 2.45) is 62.8 Å². The van der Waals surface area contributed by atoms with Crippen LogP contribution >= 0.6 is 0 Å². The number of nitrogens with zero attached hydrogens (tertiary/aromatic N) is 1. The molecule has 4 aliphatic carbocycles. The highest BCUT2D eigenvalue weighted by molar-refractivity contribution is 5.93. The number of aliphatic imine (C=N–C) groups is 1. The highest BCUT2D eigenvalue weighted by Crippen LogP contribution is 2.68. The van der Waals surface area contributed by atoms with Crippen LogP contribution in [0.5, 0.6) is 0 Å². The molecule has 68 heavy (non-hydrogen) atoms. The Bertz CT molecular complexity index is 2150.